The number of ether oxygens (including phenoxy) is 1. The maximum atomic E-state index is 12.9. The highest BCUT2D eigenvalue weighted by Crippen LogP contribution is 2.22. The number of piperidine rings is 1. The van der Waals surface area contributed by atoms with E-state index in [9.17, 15) is 9.18 Å². The van der Waals surface area contributed by atoms with Crippen molar-refractivity contribution in [3.05, 3.63) is 66.6 Å². The van der Waals surface area contributed by atoms with Crippen LogP contribution in [-0.2, 0) is 0 Å². The Morgan fingerprint density at radius 1 is 1.27 bits per heavy atom. The number of carbonyl (C=O) groups is 1. The zero-order valence-corrected chi connectivity index (χ0v) is 14.5. The van der Waals surface area contributed by atoms with E-state index in [1.165, 1.54) is 12.1 Å². The van der Waals surface area contributed by atoms with Crippen molar-refractivity contribution in [2.75, 3.05) is 24.5 Å². The molecule has 0 spiro atoms. The molecule has 0 radical (unpaired) electrons. The van der Waals surface area contributed by atoms with Crippen LogP contribution in [0.3, 0.4) is 0 Å². The van der Waals surface area contributed by atoms with Gasteiger partial charge in [0.2, 0.25) is 0 Å². The average Bonchev–Trinajstić information content (AvgIpc) is 2.68. The van der Waals surface area contributed by atoms with Crippen LogP contribution in [0, 0.1) is 5.82 Å². The molecule has 1 N–H and O–H groups in total. The lowest BCUT2D eigenvalue weighted by atomic mass is 10.1. The van der Waals surface area contributed by atoms with Crippen molar-refractivity contribution in [3.63, 3.8) is 0 Å². The van der Waals surface area contributed by atoms with E-state index in [-0.39, 0.29) is 17.8 Å². The van der Waals surface area contributed by atoms with Gasteiger partial charge in [-0.05, 0) is 36.4 Å². The van der Waals surface area contributed by atoms with Crippen LogP contribution in [-0.4, -0.2) is 36.6 Å². The van der Waals surface area contributed by atoms with Crippen LogP contribution in [0.1, 0.15) is 23.2 Å². The minimum atomic E-state index is -0.264. The molecule has 1 aliphatic heterocycles. The largest absolute Gasteiger partial charge is 0.490 e. The second-order valence-corrected chi connectivity index (χ2v) is 6.16. The minimum absolute atomic E-state index is 0.112. The van der Waals surface area contributed by atoms with Gasteiger partial charge in [-0.25, -0.2) is 9.37 Å². The quantitative estimate of drug-likeness (QED) is 0.809. The van der Waals surface area contributed by atoms with Crippen LogP contribution in [0.15, 0.2) is 55.3 Å². The summed E-state index contributed by atoms with van der Waals surface area (Å²) in [6, 6.07) is 9.76. The first-order valence-corrected chi connectivity index (χ1v) is 8.68. The van der Waals surface area contributed by atoms with Crippen LogP contribution in [0.25, 0.3) is 0 Å². The third kappa shape index (κ3) is 4.59. The fourth-order valence-electron chi connectivity index (χ4n) is 2.88. The summed E-state index contributed by atoms with van der Waals surface area (Å²) in [7, 11) is 0. The van der Waals surface area contributed by atoms with Crippen molar-refractivity contribution >= 4 is 11.7 Å². The molecule has 5 nitrogen and oxygen atoms in total. The van der Waals surface area contributed by atoms with Gasteiger partial charge < -0.3 is 15.0 Å². The Morgan fingerprint density at radius 3 is 2.62 bits per heavy atom. The molecular weight excluding hydrogens is 333 g/mol. The van der Waals surface area contributed by atoms with E-state index in [4.69, 9.17) is 4.74 Å². The first-order chi connectivity index (χ1) is 12.7. The van der Waals surface area contributed by atoms with Crippen molar-refractivity contribution in [2.45, 2.75) is 18.9 Å². The number of nitrogens with one attached hydrogen (secondary N) is 1. The smallest absolute Gasteiger partial charge is 0.253 e. The van der Waals surface area contributed by atoms with Crippen molar-refractivity contribution in [3.8, 4) is 5.75 Å². The molecule has 1 amide bonds. The molecular formula is C20H22FN3O2. The third-order valence-electron chi connectivity index (χ3n) is 4.30. The Bertz CT molecular complexity index is 739. The molecule has 2 aromatic rings. The number of anilines is 1. The lowest BCUT2D eigenvalue weighted by molar-refractivity contribution is 0.0957. The normalized spacial score (nSPS) is 14.7. The molecule has 136 valence electrons. The second-order valence-electron chi connectivity index (χ2n) is 6.16. The Hall–Kier alpha value is -2.89. The van der Waals surface area contributed by atoms with E-state index in [0.29, 0.717) is 17.9 Å². The highest BCUT2D eigenvalue weighted by Gasteiger charge is 2.21. The maximum Gasteiger partial charge on any atom is 0.253 e. The van der Waals surface area contributed by atoms with Gasteiger partial charge >= 0.3 is 0 Å². The van der Waals surface area contributed by atoms with Crippen molar-refractivity contribution < 1.29 is 13.9 Å². The van der Waals surface area contributed by atoms with Gasteiger partial charge in [-0.15, -0.1) is 6.58 Å². The molecule has 3 rings (SSSR count). The summed E-state index contributed by atoms with van der Waals surface area (Å²) < 4.78 is 18.9. The monoisotopic (exact) mass is 355 g/mol. The van der Waals surface area contributed by atoms with Gasteiger partial charge in [0.15, 0.2) is 0 Å². The van der Waals surface area contributed by atoms with Crippen LogP contribution >= 0.6 is 0 Å². The molecule has 0 saturated carbocycles. The predicted molar refractivity (Wildman–Crippen MR) is 99.0 cm³/mol. The van der Waals surface area contributed by atoms with Gasteiger partial charge in [0, 0.05) is 38.7 Å². The fourth-order valence-corrected chi connectivity index (χ4v) is 2.88. The average molecular weight is 355 g/mol. The Kier molecular flexibility index (Phi) is 5.84. The highest BCUT2D eigenvalue weighted by atomic mass is 19.1. The SMILES string of the molecule is C=CCNC(=O)c1ccc(N2CCC(Oc3ccc(F)cc3)CC2)nc1. The molecule has 0 aliphatic carbocycles. The van der Waals surface area contributed by atoms with Crippen LogP contribution in [0.5, 0.6) is 5.75 Å². The van der Waals surface area contributed by atoms with Crippen LogP contribution < -0.4 is 15.0 Å². The summed E-state index contributed by atoms with van der Waals surface area (Å²) in [5.74, 6) is 1.12. The minimum Gasteiger partial charge on any atom is -0.490 e. The Labute approximate surface area is 152 Å². The second kappa shape index (κ2) is 8.47. The summed E-state index contributed by atoms with van der Waals surface area (Å²) in [5.41, 5.74) is 0.533. The van der Waals surface area contributed by atoms with Crippen molar-refractivity contribution in [1.29, 1.82) is 0 Å². The summed E-state index contributed by atoms with van der Waals surface area (Å²) in [6.07, 6.45) is 5.06. The Morgan fingerprint density at radius 2 is 2.00 bits per heavy atom. The molecule has 1 aliphatic rings. The highest BCUT2D eigenvalue weighted by molar-refractivity contribution is 5.94. The summed E-state index contributed by atoms with van der Waals surface area (Å²) >= 11 is 0. The lowest BCUT2D eigenvalue weighted by Crippen LogP contribution is -2.38. The standard InChI is InChI=1S/C20H22FN3O2/c1-2-11-22-20(25)15-3-8-19(23-14-15)24-12-9-18(10-13-24)26-17-6-4-16(21)5-7-17/h2-8,14,18H,1,9-13H2,(H,22,25). The summed E-state index contributed by atoms with van der Waals surface area (Å²) in [4.78, 5) is 18.5. The number of rotatable bonds is 6. The molecule has 1 aromatic heterocycles. The van der Waals surface area contributed by atoms with Gasteiger partial charge in [-0.1, -0.05) is 6.08 Å². The number of benzene rings is 1. The molecule has 0 unspecified atom stereocenters. The van der Waals surface area contributed by atoms with Gasteiger partial charge in [0.1, 0.15) is 23.5 Å². The summed E-state index contributed by atoms with van der Waals surface area (Å²) in [6.45, 7) is 5.65. The number of halogens is 1. The van der Waals surface area contributed by atoms with E-state index in [1.54, 1.807) is 30.5 Å². The number of hydrogen-bond acceptors (Lipinski definition) is 4. The zero-order valence-electron chi connectivity index (χ0n) is 14.5. The van der Waals surface area contributed by atoms with Gasteiger partial charge in [-0.2, -0.15) is 0 Å². The summed E-state index contributed by atoms with van der Waals surface area (Å²) in [5, 5.41) is 2.73. The van der Waals surface area contributed by atoms with Crippen molar-refractivity contribution in [1.82, 2.24) is 10.3 Å². The fraction of sp³-hybridized carbons (Fsp3) is 0.300. The molecule has 6 heteroatoms. The van der Waals surface area contributed by atoms with Gasteiger partial charge in [-0.3, -0.25) is 4.79 Å². The molecule has 1 aromatic carbocycles. The van der Waals surface area contributed by atoms with Crippen LogP contribution in [0.2, 0.25) is 0 Å². The zero-order chi connectivity index (χ0) is 18.4. The van der Waals surface area contributed by atoms with Gasteiger partial charge in [0.25, 0.3) is 5.91 Å². The molecule has 0 bridgehead atoms. The van der Waals surface area contributed by atoms with E-state index in [0.717, 1.165) is 31.7 Å². The first kappa shape index (κ1) is 17.9. The number of nitrogens with zero attached hydrogens (tertiary/aromatic N) is 2. The van der Waals surface area contributed by atoms with E-state index >= 15 is 0 Å². The van der Waals surface area contributed by atoms with Crippen LogP contribution in [0.4, 0.5) is 10.2 Å². The van der Waals surface area contributed by atoms with Crippen molar-refractivity contribution in [2.24, 2.45) is 0 Å². The molecule has 26 heavy (non-hydrogen) atoms. The topological polar surface area (TPSA) is 54.5 Å². The number of carbonyl (C=O) groups excluding carboxylic acids is 1. The number of pyridine rings is 1. The number of aromatic nitrogens is 1. The molecule has 2 heterocycles. The van der Waals surface area contributed by atoms with Gasteiger partial charge in [0.05, 0.1) is 5.56 Å². The lowest BCUT2D eigenvalue weighted by Gasteiger charge is -2.33. The Balaban J connectivity index is 1.52. The molecule has 0 atom stereocenters. The number of amides is 1. The maximum absolute atomic E-state index is 12.9. The predicted octanol–water partition coefficient (Wildman–Crippen LogP) is 3.18. The third-order valence-corrected chi connectivity index (χ3v) is 4.30. The van der Waals surface area contributed by atoms with E-state index in [1.807, 2.05) is 6.07 Å². The van der Waals surface area contributed by atoms with E-state index < -0.39 is 0 Å². The first-order valence-electron chi connectivity index (χ1n) is 8.68. The molecule has 1 saturated heterocycles. The van der Waals surface area contributed by atoms with E-state index in [2.05, 4.69) is 21.8 Å². The molecule has 1 fully saturated rings. The number of hydrogen-bond donors (Lipinski definition) is 1.